The molecular weight excluding hydrogens is 228 g/mol. The van der Waals surface area contributed by atoms with Gasteiger partial charge in [0.25, 0.3) is 0 Å². The maximum absolute atomic E-state index is 11.0. The van der Waals surface area contributed by atoms with Crippen LogP contribution in [0.2, 0.25) is 0 Å². The zero-order chi connectivity index (χ0) is 14.1. The molecule has 0 aliphatic carbocycles. The molecule has 0 radical (unpaired) electrons. The molecule has 4 heteroatoms. The lowest BCUT2D eigenvalue weighted by molar-refractivity contribution is -0.138. The molecule has 0 amide bonds. The zero-order valence-electron chi connectivity index (χ0n) is 12.7. The van der Waals surface area contributed by atoms with Gasteiger partial charge in [0.2, 0.25) is 0 Å². The van der Waals surface area contributed by atoms with E-state index in [-0.39, 0.29) is 23.5 Å². The van der Waals surface area contributed by atoms with Crippen molar-refractivity contribution in [2.45, 2.75) is 64.6 Å². The second-order valence-electron chi connectivity index (χ2n) is 7.08. The highest BCUT2D eigenvalue weighted by Crippen LogP contribution is 2.31. The fraction of sp³-hybridized carbons (Fsp3) is 0.929. The molecule has 1 rings (SSSR count). The standard InChI is InChI=1S/C14H28N2O2/c1-13(2,3)16-10-11(9-12(17)18)15(6)8-7-14(16,4)5/h11H,7-10H2,1-6H3,(H,17,18). The molecule has 0 aromatic rings. The molecule has 1 fully saturated rings. The minimum atomic E-state index is -0.708. The van der Waals surface area contributed by atoms with Gasteiger partial charge in [-0.15, -0.1) is 0 Å². The Labute approximate surface area is 111 Å². The quantitative estimate of drug-likeness (QED) is 0.821. The lowest BCUT2D eigenvalue weighted by Crippen LogP contribution is -2.56. The lowest BCUT2D eigenvalue weighted by atomic mass is 9.91. The summed E-state index contributed by atoms with van der Waals surface area (Å²) in [5, 5.41) is 9.05. The molecule has 0 bridgehead atoms. The van der Waals surface area contributed by atoms with Crippen LogP contribution < -0.4 is 0 Å². The van der Waals surface area contributed by atoms with Crippen LogP contribution in [-0.2, 0) is 4.79 Å². The third-order valence-corrected chi connectivity index (χ3v) is 4.04. The first-order valence-electron chi connectivity index (χ1n) is 6.74. The molecule has 1 aliphatic heterocycles. The number of hydrogen-bond donors (Lipinski definition) is 1. The Morgan fingerprint density at radius 1 is 1.39 bits per heavy atom. The summed E-state index contributed by atoms with van der Waals surface area (Å²) in [6, 6.07) is 0.100. The van der Waals surface area contributed by atoms with Gasteiger partial charge in [0, 0.05) is 23.7 Å². The molecule has 1 unspecified atom stereocenters. The smallest absolute Gasteiger partial charge is 0.304 e. The fourth-order valence-corrected chi connectivity index (χ4v) is 2.97. The summed E-state index contributed by atoms with van der Waals surface area (Å²) in [4.78, 5) is 15.6. The number of nitrogens with zero attached hydrogens (tertiary/aromatic N) is 2. The van der Waals surface area contributed by atoms with Crippen LogP contribution in [0.25, 0.3) is 0 Å². The summed E-state index contributed by atoms with van der Waals surface area (Å²) in [5.41, 5.74) is 0.172. The predicted octanol–water partition coefficient (Wildman–Crippen LogP) is 2.04. The minimum absolute atomic E-state index is 0.0609. The number of carbonyl (C=O) groups is 1. The van der Waals surface area contributed by atoms with Gasteiger partial charge in [-0.1, -0.05) is 0 Å². The highest BCUT2D eigenvalue weighted by atomic mass is 16.4. The third kappa shape index (κ3) is 3.69. The molecule has 106 valence electrons. The van der Waals surface area contributed by atoms with Crippen molar-refractivity contribution < 1.29 is 9.90 Å². The van der Waals surface area contributed by atoms with E-state index in [0.717, 1.165) is 19.5 Å². The van der Waals surface area contributed by atoms with Gasteiger partial charge in [-0.25, -0.2) is 0 Å². The van der Waals surface area contributed by atoms with Gasteiger partial charge in [-0.3, -0.25) is 9.69 Å². The average molecular weight is 256 g/mol. The second-order valence-corrected chi connectivity index (χ2v) is 7.08. The molecule has 1 saturated heterocycles. The summed E-state index contributed by atoms with van der Waals surface area (Å²) in [6.45, 7) is 12.9. The Kier molecular flexibility index (Phi) is 4.44. The lowest BCUT2D eigenvalue weighted by Gasteiger charge is -2.47. The summed E-state index contributed by atoms with van der Waals surface area (Å²) in [5.74, 6) is -0.708. The van der Waals surface area contributed by atoms with Crippen molar-refractivity contribution in [3.63, 3.8) is 0 Å². The molecule has 0 saturated carbocycles. The van der Waals surface area contributed by atoms with E-state index in [1.807, 2.05) is 7.05 Å². The first-order valence-corrected chi connectivity index (χ1v) is 6.74. The van der Waals surface area contributed by atoms with Gasteiger partial charge in [0.05, 0.1) is 6.42 Å². The first kappa shape index (κ1) is 15.4. The molecule has 18 heavy (non-hydrogen) atoms. The third-order valence-electron chi connectivity index (χ3n) is 4.04. The van der Waals surface area contributed by atoms with E-state index >= 15 is 0 Å². The molecule has 1 aliphatic rings. The number of rotatable bonds is 2. The normalized spacial score (nSPS) is 26.9. The van der Waals surface area contributed by atoms with Crippen LogP contribution in [0.15, 0.2) is 0 Å². The Morgan fingerprint density at radius 3 is 2.39 bits per heavy atom. The van der Waals surface area contributed by atoms with Gasteiger partial charge in [-0.05, 0) is 54.6 Å². The highest BCUT2D eigenvalue weighted by molar-refractivity contribution is 5.67. The van der Waals surface area contributed by atoms with Crippen LogP contribution in [0.5, 0.6) is 0 Å². The number of carboxylic acid groups (broad SMARTS) is 1. The summed E-state index contributed by atoms with van der Waals surface area (Å²) >= 11 is 0. The molecule has 1 heterocycles. The van der Waals surface area contributed by atoms with Crippen molar-refractivity contribution in [3.05, 3.63) is 0 Å². The van der Waals surface area contributed by atoms with Gasteiger partial charge < -0.3 is 10.0 Å². The first-order chi connectivity index (χ1) is 8.04. The molecule has 1 N–H and O–H groups in total. The number of likely N-dealkylation sites (N-methyl/N-ethyl adjacent to an activating group) is 1. The monoisotopic (exact) mass is 256 g/mol. The Morgan fingerprint density at radius 2 is 1.94 bits per heavy atom. The van der Waals surface area contributed by atoms with Crippen molar-refractivity contribution in [3.8, 4) is 0 Å². The number of aliphatic carboxylic acids is 1. The Hall–Kier alpha value is -0.610. The van der Waals surface area contributed by atoms with Crippen molar-refractivity contribution in [2.75, 3.05) is 20.1 Å². The largest absolute Gasteiger partial charge is 0.481 e. The van der Waals surface area contributed by atoms with Crippen molar-refractivity contribution in [2.24, 2.45) is 0 Å². The SMILES string of the molecule is CN1CCC(C)(C)N(C(C)(C)C)CC1CC(=O)O. The molecule has 0 aromatic carbocycles. The van der Waals surface area contributed by atoms with E-state index in [1.165, 1.54) is 0 Å². The van der Waals surface area contributed by atoms with Gasteiger partial charge in [0.15, 0.2) is 0 Å². The number of carboxylic acids is 1. The van der Waals surface area contributed by atoms with E-state index in [4.69, 9.17) is 5.11 Å². The van der Waals surface area contributed by atoms with Gasteiger partial charge in [0.1, 0.15) is 0 Å². The fourth-order valence-electron chi connectivity index (χ4n) is 2.97. The molecular formula is C14H28N2O2. The predicted molar refractivity (Wildman–Crippen MR) is 73.8 cm³/mol. The van der Waals surface area contributed by atoms with Crippen molar-refractivity contribution in [1.29, 1.82) is 0 Å². The van der Waals surface area contributed by atoms with Gasteiger partial charge in [-0.2, -0.15) is 0 Å². The number of hydrogen-bond acceptors (Lipinski definition) is 3. The van der Waals surface area contributed by atoms with Crippen LogP contribution in [0.4, 0.5) is 0 Å². The van der Waals surface area contributed by atoms with E-state index < -0.39 is 5.97 Å². The minimum Gasteiger partial charge on any atom is -0.481 e. The summed E-state index contributed by atoms with van der Waals surface area (Å²) in [7, 11) is 2.04. The van der Waals surface area contributed by atoms with Crippen LogP contribution in [0.3, 0.4) is 0 Å². The maximum Gasteiger partial charge on any atom is 0.304 e. The highest BCUT2D eigenvalue weighted by Gasteiger charge is 2.39. The zero-order valence-corrected chi connectivity index (χ0v) is 12.7. The van der Waals surface area contributed by atoms with E-state index in [9.17, 15) is 4.79 Å². The van der Waals surface area contributed by atoms with Gasteiger partial charge >= 0.3 is 5.97 Å². The van der Waals surface area contributed by atoms with Crippen LogP contribution in [-0.4, -0.2) is 58.1 Å². The second kappa shape index (κ2) is 5.17. The van der Waals surface area contributed by atoms with E-state index in [0.29, 0.717) is 0 Å². The van der Waals surface area contributed by atoms with Crippen LogP contribution >= 0.6 is 0 Å². The summed E-state index contributed by atoms with van der Waals surface area (Å²) < 4.78 is 0. The van der Waals surface area contributed by atoms with E-state index in [1.54, 1.807) is 0 Å². The molecule has 1 atom stereocenters. The Balaban J connectivity index is 2.95. The summed E-state index contributed by atoms with van der Waals surface area (Å²) in [6.07, 6.45) is 1.29. The Bertz CT molecular complexity index is 307. The maximum atomic E-state index is 11.0. The topological polar surface area (TPSA) is 43.8 Å². The van der Waals surface area contributed by atoms with Crippen molar-refractivity contribution in [1.82, 2.24) is 9.80 Å². The van der Waals surface area contributed by atoms with Crippen LogP contribution in [0.1, 0.15) is 47.5 Å². The molecule has 0 spiro atoms. The molecule has 4 nitrogen and oxygen atoms in total. The molecule has 0 aromatic heterocycles. The van der Waals surface area contributed by atoms with E-state index in [2.05, 4.69) is 44.4 Å². The average Bonchev–Trinajstić information content (AvgIpc) is 2.27. The van der Waals surface area contributed by atoms with Crippen molar-refractivity contribution >= 4 is 5.97 Å². The van der Waals surface area contributed by atoms with Crippen LogP contribution in [0, 0.1) is 0 Å².